The molecule has 1 heterocycles. The maximum atomic E-state index is 9.17. The molecule has 1 rings (SSSR count). The Labute approximate surface area is 119 Å². The molecule has 2 N–H and O–H groups in total. The number of aliphatic hydroxyl groups excluding tert-OH is 1. The fourth-order valence-electron chi connectivity index (χ4n) is 3.18. The molecule has 2 unspecified atom stereocenters. The van der Waals surface area contributed by atoms with Crippen molar-refractivity contribution < 1.29 is 5.11 Å². The lowest BCUT2D eigenvalue weighted by molar-refractivity contribution is 0.210. The van der Waals surface area contributed by atoms with Crippen molar-refractivity contribution in [3.8, 4) is 0 Å². The first-order valence-electron chi connectivity index (χ1n) is 8.36. The second-order valence-corrected chi connectivity index (χ2v) is 6.05. The van der Waals surface area contributed by atoms with Crippen LogP contribution >= 0.6 is 0 Å². The molecule has 0 aromatic carbocycles. The highest BCUT2D eigenvalue weighted by Gasteiger charge is 2.18. The topological polar surface area (TPSA) is 35.5 Å². The molecular formula is C16H34N2O. The van der Waals surface area contributed by atoms with Crippen molar-refractivity contribution in [3.05, 3.63) is 0 Å². The molecule has 0 bridgehead atoms. The van der Waals surface area contributed by atoms with E-state index in [9.17, 15) is 5.11 Å². The van der Waals surface area contributed by atoms with E-state index in [1.807, 2.05) is 0 Å². The van der Waals surface area contributed by atoms with Gasteiger partial charge in [-0.15, -0.1) is 0 Å². The van der Waals surface area contributed by atoms with Gasteiger partial charge in [0.2, 0.25) is 0 Å². The molecular weight excluding hydrogens is 236 g/mol. The van der Waals surface area contributed by atoms with Crippen LogP contribution in [-0.2, 0) is 0 Å². The molecule has 0 aromatic heterocycles. The molecule has 19 heavy (non-hydrogen) atoms. The van der Waals surface area contributed by atoms with Gasteiger partial charge in [-0.1, -0.05) is 26.7 Å². The third kappa shape index (κ3) is 7.28. The average molecular weight is 270 g/mol. The van der Waals surface area contributed by atoms with Crippen LogP contribution in [0.5, 0.6) is 0 Å². The molecule has 0 amide bonds. The summed E-state index contributed by atoms with van der Waals surface area (Å²) in [6.07, 6.45) is 8.92. The Kier molecular flexibility index (Phi) is 9.48. The van der Waals surface area contributed by atoms with Crippen molar-refractivity contribution in [2.75, 3.05) is 32.8 Å². The minimum atomic E-state index is 0.299. The van der Waals surface area contributed by atoms with Crippen molar-refractivity contribution in [3.63, 3.8) is 0 Å². The Morgan fingerprint density at radius 1 is 1.21 bits per heavy atom. The second-order valence-electron chi connectivity index (χ2n) is 6.05. The number of aliphatic hydroxyl groups is 1. The number of hydrogen-bond acceptors (Lipinski definition) is 3. The van der Waals surface area contributed by atoms with E-state index in [1.54, 1.807) is 0 Å². The molecule has 1 aliphatic heterocycles. The SMILES string of the molecule is CCCNC(CCO)CN1CCCC(CCC)CC1. The number of nitrogens with one attached hydrogen (secondary N) is 1. The van der Waals surface area contributed by atoms with E-state index < -0.39 is 0 Å². The van der Waals surface area contributed by atoms with Gasteiger partial charge in [0.15, 0.2) is 0 Å². The van der Waals surface area contributed by atoms with E-state index >= 15 is 0 Å². The third-order valence-electron chi connectivity index (χ3n) is 4.28. The van der Waals surface area contributed by atoms with Crippen LogP contribution in [0, 0.1) is 5.92 Å². The maximum absolute atomic E-state index is 9.17. The Balaban J connectivity index is 2.32. The normalized spacial score (nSPS) is 23.2. The Morgan fingerprint density at radius 2 is 2.05 bits per heavy atom. The minimum absolute atomic E-state index is 0.299. The molecule has 0 radical (unpaired) electrons. The van der Waals surface area contributed by atoms with Crippen LogP contribution in [0.25, 0.3) is 0 Å². The summed E-state index contributed by atoms with van der Waals surface area (Å²) in [5.41, 5.74) is 0. The molecule has 1 saturated heterocycles. The predicted octanol–water partition coefficient (Wildman–Crippen LogP) is 2.64. The van der Waals surface area contributed by atoms with Gasteiger partial charge in [-0.05, 0) is 57.7 Å². The van der Waals surface area contributed by atoms with Crippen LogP contribution in [0.4, 0.5) is 0 Å². The largest absolute Gasteiger partial charge is 0.396 e. The summed E-state index contributed by atoms with van der Waals surface area (Å²) in [5, 5.41) is 12.7. The highest BCUT2D eigenvalue weighted by Crippen LogP contribution is 2.22. The third-order valence-corrected chi connectivity index (χ3v) is 4.28. The smallest absolute Gasteiger partial charge is 0.0446 e. The molecule has 0 saturated carbocycles. The highest BCUT2D eigenvalue weighted by atomic mass is 16.3. The summed E-state index contributed by atoms with van der Waals surface area (Å²) in [6.45, 7) is 9.47. The second kappa shape index (κ2) is 10.6. The predicted molar refractivity (Wildman–Crippen MR) is 82.5 cm³/mol. The lowest BCUT2D eigenvalue weighted by atomic mass is 9.96. The molecule has 0 aliphatic carbocycles. The van der Waals surface area contributed by atoms with Crippen LogP contribution in [0.3, 0.4) is 0 Å². The highest BCUT2D eigenvalue weighted by molar-refractivity contribution is 4.76. The summed E-state index contributed by atoms with van der Waals surface area (Å²) in [6, 6.07) is 0.465. The standard InChI is InChI=1S/C16H34N2O/c1-3-6-15-7-5-11-18(12-8-15)14-16(9-13-19)17-10-4-2/h15-17,19H,3-14H2,1-2H3. The van der Waals surface area contributed by atoms with Crippen molar-refractivity contribution in [1.82, 2.24) is 10.2 Å². The fraction of sp³-hybridized carbons (Fsp3) is 1.00. The molecule has 3 heteroatoms. The van der Waals surface area contributed by atoms with Crippen LogP contribution in [0.15, 0.2) is 0 Å². The number of nitrogens with zero attached hydrogens (tertiary/aromatic N) is 1. The lowest BCUT2D eigenvalue weighted by Gasteiger charge is -2.27. The zero-order chi connectivity index (χ0) is 13.9. The first-order valence-corrected chi connectivity index (χ1v) is 8.36. The summed E-state index contributed by atoms with van der Waals surface area (Å²) in [7, 11) is 0. The van der Waals surface area contributed by atoms with E-state index in [4.69, 9.17) is 0 Å². The number of hydrogen-bond donors (Lipinski definition) is 2. The Hall–Kier alpha value is -0.120. The quantitative estimate of drug-likeness (QED) is 0.676. The summed E-state index contributed by atoms with van der Waals surface area (Å²) >= 11 is 0. The van der Waals surface area contributed by atoms with E-state index in [1.165, 1.54) is 51.6 Å². The molecule has 0 aromatic rings. The first-order chi connectivity index (χ1) is 9.30. The van der Waals surface area contributed by atoms with E-state index in [2.05, 4.69) is 24.1 Å². The Bertz CT molecular complexity index is 211. The summed E-state index contributed by atoms with van der Waals surface area (Å²) in [4.78, 5) is 2.61. The van der Waals surface area contributed by atoms with Gasteiger partial charge in [0.05, 0.1) is 0 Å². The van der Waals surface area contributed by atoms with E-state index in [-0.39, 0.29) is 0 Å². The number of likely N-dealkylation sites (tertiary alicyclic amines) is 1. The zero-order valence-corrected chi connectivity index (χ0v) is 13.0. The summed E-state index contributed by atoms with van der Waals surface area (Å²) < 4.78 is 0. The monoisotopic (exact) mass is 270 g/mol. The van der Waals surface area contributed by atoms with Crippen molar-refractivity contribution in [2.45, 2.75) is 64.8 Å². The van der Waals surface area contributed by atoms with E-state index in [0.717, 1.165) is 25.4 Å². The van der Waals surface area contributed by atoms with Gasteiger partial charge in [-0.3, -0.25) is 0 Å². The zero-order valence-electron chi connectivity index (χ0n) is 13.0. The van der Waals surface area contributed by atoms with Crippen LogP contribution < -0.4 is 5.32 Å². The van der Waals surface area contributed by atoms with Crippen LogP contribution in [0.2, 0.25) is 0 Å². The molecule has 1 aliphatic rings. The van der Waals surface area contributed by atoms with Crippen molar-refractivity contribution in [1.29, 1.82) is 0 Å². The van der Waals surface area contributed by atoms with Gasteiger partial charge in [-0.25, -0.2) is 0 Å². The number of rotatable bonds is 9. The van der Waals surface area contributed by atoms with Gasteiger partial charge in [0, 0.05) is 19.2 Å². The van der Waals surface area contributed by atoms with Crippen molar-refractivity contribution in [2.24, 2.45) is 5.92 Å². The summed E-state index contributed by atoms with van der Waals surface area (Å²) in [5.74, 6) is 0.954. The van der Waals surface area contributed by atoms with Gasteiger partial charge < -0.3 is 15.3 Å². The molecule has 1 fully saturated rings. The minimum Gasteiger partial charge on any atom is -0.396 e. The molecule has 3 nitrogen and oxygen atoms in total. The first kappa shape index (κ1) is 16.9. The van der Waals surface area contributed by atoms with Crippen LogP contribution in [0.1, 0.15) is 58.8 Å². The fourth-order valence-corrected chi connectivity index (χ4v) is 3.18. The lowest BCUT2D eigenvalue weighted by Crippen LogP contribution is -2.42. The van der Waals surface area contributed by atoms with Gasteiger partial charge in [-0.2, -0.15) is 0 Å². The van der Waals surface area contributed by atoms with Gasteiger partial charge in [0.1, 0.15) is 0 Å². The van der Waals surface area contributed by atoms with E-state index in [0.29, 0.717) is 12.6 Å². The molecule has 2 atom stereocenters. The van der Waals surface area contributed by atoms with Crippen molar-refractivity contribution >= 4 is 0 Å². The molecule has 114 valence electrons. The van der Waals surface area contributed by atoms with Gasteiger partial charge >= 0.3 is 0 Å². The maximum Gasteiger partial charge on any atom is 0.0446 e. The Morgan fingerprint density at radius 3 is 2.74 bits per heavy atom. The van der Waals surface area contributed by atoms with Gasteiger partial charge in [0.25, 0.3) is 0 Å². The average Bonchev–Trinajstić information content (AvgIpc) is 2.62. The molecule has 0 spiro atoms. The van der Waals surface area contributed by atoms with Crippen LogP contribution in [-0.4, -0.2) is 48.8 Å².